The van der Waals surface area contributed by atoms with Crippen LogP contribution >= 0.6 is 0 Å². The molecule has 13 heavy (non-hydrogen) atoms. The van der Waals surface area contributed by atoms with E-state index in [1.807, 2.05) is 0 Å². The van der Waals surface area contributed by atoms with Gasteiger partial charge in [0.05, 0.1) is 6.07 Å². The molecule has 1 saturated heterocycles. The van der Waals surface area contributed by atoms with Crippen LogP contribution in [0.3, 0.4) is 0 Å². The normalized spacial score (nSPS) is 20.0. The molecule has 0 aromatic heterocycles. The molecule has 1 rings (SSSR count). The lowest BCUT2D eigenvalue weighted by Gasteiger charge is -2.30. The second-order valence-electron chi connectivity index (χ2n) is 3.65. The maximum Gasteiger partial charge on any atom is 0.0635 e. The van der Waals surface area contributed by atoms with Crippen molar-refractivity contribution in [3.63, 3.8) is 0 Å². The number of nitrogens with zero attached hydrogens (tertiary/aromatic N) is 2. The number of rotatable bonds is 4. The summed E-state index contributed by atoms with van der Waals surface area (Å²) in [5.74, 6) is 0.739. The van der Waals surface area contributed by atoms with E-state index >= 15 is 0 Å². The smallest absolute Gasteiger partial charge is 0.0635 e. The first-order valence-electron chi connectivity index (χ1n) is 4.95. The van der Waals surface area contributed by atoms with E-state index in [-0.39, 0.29) is 0 Å². The molecule has 0 saturated carbocycles. The lowest BCUT2D eigenvalue weighted by molar-refractivity contribution is 0.100. The van der Waals surface area contributed by atoms with Gasteiger partial charge in [0.25, 0.3) is 0 Å². The number of likely N-dealkylation sites (tertiary alicyclic amines) is 1. The van der Waals surface area contributed by atoms with Crippen molar-refractivity contribution in [3.8, 4) is 6.07 Å². The summed E-state index contributed by atoms with van der Waals surface area (Å²) in [6.07, 6.45) is 3.10. The van der Waals surface area contributed by atoms with Crippen molar-refractivity contribution < 1.29 is 4.74 Å². The third-order valence-corrected chi connectivity index (χ3v) is 2.65. The fourth-order valence-corrected chi connectivity index (χ4v) is 1.82. The first-order valence-corrected chi connectivity index (χ1v) is 4.95. The monoisotopic (exact) mass is 182 g/mol. The second-order valence-corrected chi connectivity index (χ2v) is 3.65. The summed E-state index contributed by atoms with van der Waals surface area (Å²) in [5, 5.41) is 8.44. The number of ether oxygens (including phenoxy) is 1. The molecule has 0 amide bonds. The first-order chi connectivity index (χ1) is 6.36. The Labute approximate surface area is 80.3 Å². The molecule has 0 aliphatic carbocycles. The topological polar surface area (TPSA) is 36.3 Å². The van der Waals surface area contributed by atoms with Gasteiger partial charge in [-0.3, -0.25) is 0 Å². The number of nitriles is 1. The van der Waals surface area contributed by atoms with E-state index in [1.54, 1.807) is 7.11 Å². The molecule has 0 atom stereocenters. The summed E-state index contributed by atoms with van der Waals surface area (Å²) in [6, 6.07) is 2.19. The SMILES string of the molecule is COCC1CCN(CCC#N)CC1. The van der Waals surface area contributed by atoms with E-state index in [0.29, 0.717) is 6.42 Å². The van der Waals surface area contributed by atoms with Gasteiger partial charge in [0.1, 0.15) is 0 Å². The van der Waals surface area contributed by atoms with Crippen LogP contribution in [-0.2, 0) is 4.74 Å². The minimum atomic E-state index is 0.662. The van der Waals surface area contributed by atoms with E-state index < -0.39 is 0 Å². The van der Waals surface area contributed by atoms with Crippen molar-refractivity contribution in [2.45, 2.75) is 19.3 Å². The van der Waals surface area contributed by atoms with Crippen LogP contribution in [0, 0.1) is 17.2 Å². The maximum absolute atomic E-state index is 8.44. The van der Waals surface area contributed by atoms with Crippen LogP contribution in [0.15, 0.2) is 0 Å². The zero-order valence-electron chi connectivity index (χ0n) is 8.33. The predicted octanol–water partition coefficient (Wildman–Crippen LogP) is 1.26. The molecule has 0 spiro atoms. The summed E-state index contributed by atoms with van der Waals surface area (Å²) in [5.41, 5.74) is 0. The predicted molar refractivity (Wildman–Crippen MR) is 51.3 cm³/mol. The van der Waals surface area contributed by atoms with Gasteiger partial charge in [-0.25, -0.2) is 0 Å². The summed E-state index contributed by atoms with van der Waals surface area (Å²) >= 11 is 0. The van der Waals surface area contributed by atoms with Crippen LogP contribution in [0.5, 0.6) is 0 Å². The highest BCUT2D eigenvalue weighted by Gasteiger charge is 2.18. The molecule has 0 unspecified atom stereocenters. The van der Waals surface area contributed by atoms with Crippen LogP contribution in [0.1, 0.15) is 19.3 Å². The van der Waals surface area contributed by atoms with Crippen LogP contribution in [-0.4, -0.2) is 38.3 Å². The van der Waals surface area contributed by atoms with Gasteiger partial charge in [-0.2, -0.15) is 5.26 Å². The largest absolute Gasteiger partial charge is 0.384 e. The number of hydrogen-bond donors (Lipinski definition) is 0. The van der Waals surface area contributed by atoms with Crippen LogP contribution in [0.2, 0.25) is 0 Å². The molecule has 3 nitrogen and oxygen atoms in total. The highest BCUT2D eigenvalue weighted by atomic mass is 16.5. The Bertz CT molecular complexity index is 168. The molecule has 1 aliphatic heterocycles. The van der Waals surface area contributed by atoms with Crippen molar-refractivity contribution in [1.82, 2.24) is 4.90 Å². The Kier molecular flexibility index (Phi) is 4.81. The molecule has 0 aromatic rings. The standard InChI is InChI=1S/C10H18N2O/c1-13-9-10-3-7-12(8-4-10)6-2-5-11/h10H,2-4,6-9H2,1H3. The van der Waals surface area contributed by atoms with Gasteiger partial charge in [-0.15, -0.1) is 0 Å². The molecule has 74 valence electrons. The van der Waals surface area contributed by atoms with E-state index in [4.69, 9.17) is 10.00 Å². The van der Waals surface area contributed by atoms with Crippen molar-refractivity contribution in [3.05, 3.63) is 0 Å². The molecule has 3 heteroatoms. The average Bonchev–Trinajstić information content (AvgIpc) is 2.17. The number of hydrogen-bond acceptors (Lipinski definition) is 3. The lowest BCUT2D eigenvalue weighted by atomic mass is 9.98. The Balaban J connectivity index is 2.12. The minimum Gasteiger partial charge on any atom is -0.384 e. The van der Waals surface area contributed by atoms with Crippen LogP contribution in [0.4, 0.5) is 0 Å². The van der Waals surface area contributed by atoms with Crippen molar-refractivity contribution in [2.75, 3.05) is 33.4 Å². The second kappa shape index (κ2) is 5.95. The Morgan fingerprint density at radius 1 is 1.46 bits per heavy atom. The maximum atomic E-state index is 8.44. The lowest BCUT2D eigenvalue weighted by Crippen LogP contribution is -2.35. The Hall–Kier alpha value is -0.590. The van der Waals surface area contributed by atoms with Crippen LogP contribution < -0.4 is 0 Å². The number of piperidine rings is 1. The quantitative estimate of drug-likeness (QED) is 0.656. The fourth-order valence-electron chi connectivity index (χ4n) is 1.82. The average molecular weight is 182 g/mol. The highest BCUT2D eigenvalue weighted by molar-refractivity contribution is 4.76. The van der Waals surface area contributed by atoms with E-state index in [2.05, 4.69) is 11.0 Å². The first kappa shape index (κ1) is 10.5. The van der Waals surface area contributed by atoms with Gasteiger partial charge in [0, 0.05) is 26.7 Å². The molecule has 1 heterocycles. The van der Waals surface area contributed by atoms with Gasteiger partial charge in [-0.05, 0) is 31.8 Å². The third-order valence-electron chi connectivity index (χ3n) is 2.65. The molecule has 1 aliphatic rings. The molecular formula is C10H18N2O. The zero-order valence-corrected chi connectivity index (χ0v) is 8.33. The number of methoxy groups -OCH3 is 1. The summed E-state index contributed by atoms with van der Waals surface area (Å²) in [4.78, 5) is 2.37. The molecule has 0 radical (unpaired) electrons. The summed E-state index contributed by atoms with van der Waals surface area (Å²) in [6.45, 7) is 4.10. The fraction of sp³-hybridized carbons (Fsp3) is 0.900. The molecular weight excluding hydrogens is 164 g/mol. The van der Waals surface area contributed by atoms with Crippen molar-refractivity contribution in [2.24, 2.45) is 5.92 Å². The minimum absolute atomic E-state index is 0.662. The van der Waals surface area contributed by atoms with E-state index in [1.165, 1.54) is 12.8 Å². The molecule has 0 bridgehead atoms. The molecule has 1 fully saturated rings. The van der Waals surface area contributed by atoms with Crippen LogP contribution in [0.25, 0.3) is 0 Å². The summed E-state index contributed by atoms with van der Waals surface area (Å²) in [7, 11) is 1.77. The van der Waals surface area contributed by atoms with E-state index in [9.17, 15) is 0 Å². The van der Waals surface area contributed by atoms with E-state index in [0.717, 1.165) is 32.2 Å². The highest BCUT2D eigenvalue weighted by Crippen LogP contribution is 2.16. The van der Waals surface area contributed by atoms with Crippen molar-refractivity contribution >= 4 is 0 Å². The molecule has 0 aromatic carbocycles. The molecule has 0 N–H and O–H groups in total. The Morgan fingerprint density at radius 3 is 2.69 bits per heavy atom. The van der Waals surface area contributed by atoms with Gasteiger partial charge >= 0.3 is 0 Å². The van der Waals surface area contributed by atoms with Gasteiger partial charge in [-0.1, -0.05) is 0 Å². The van der Waals surface area contributed by atoms with Gasteiger partial charge in [0.15, 0.2) is 0 Å². The Morgan fingerprint density at radius 2 is 2.15 bits per heavy atom. The van der Waals surface area contributed by atoms with Gasteiger partial charge < -0.3 is 9.64 Å². The van der Waals surface area contributed by atoms with Crippen molar-refractivity contribution in [1.29, 1.82) is 5.26 Å². The van der Waals surface area contributed by atoms with Gasteiger partial charge in [0.2, 0.25) is 0 Å². The zero-order chi connectivity index (χ0) is 9.52. The summed E-state index contributed by atoms with van der Waals surface area (Å²) < 4.78 is 5.13. The third kappa shape index (κ3) is 3.75.